The maximum atomic E-state index is 12.4. The van der Waals surface area contributed by atoms with Crippen LogP contribution in [0.5, 0.6) is 0 Å². The second kappa shape index (κ2) is 7.41. The summed E-state index contributed by atoms with van der Waals surface area (Å²) in [6.45, 7) is 12.1. The molecule has 142 valence electrons. The standard InChI is InChI=1S/C21H32N4O/c1-20(2,15-24-19(26)17-13-22-10-11-23-17)14-21(3,4)25-12-9-16-7-5-6-8-18(16)25/h5-9,12,17,22-23H,10-11,13-15H2,1-4H3,(H,24,26). The number of para-hydroxylation sites is 1. The number of hydrogen-bond donors (Lipinski definition) is 3. The molecule has 0 radical (unpaired) electrons. The van der Waals surface area contributed by atoms with Crippen molar-refractivity contribution in [2.75, 3.05) is 26.2 Å². The summed E-state index contributed by atoms with van der Waals surface area (Å²) in [6, 6.07) is 10.5. The molecule has 3 rings (SSSR count). The normalized spacial score (nSPS) is 18.8. The predicted octanol–water partition coefficient (Wildman–Crippen LogP) is 2.47. The van der Waals surface area contributed by atoms with Crippen molar-refractivity contribution in [3.8, 4) is 0 Å². The Balaban J connectivity index is 1.64. The number of carbonyl (C=O) groups excluding carboxylic acids is 1. The molecular formula is C21H32N4O. The molecule has 1 amide bonds. The van der Waals surface area contributed by atoms with Crippen LogP contribution in [0.4, 0.5) is 0 Å². The first kappa shape index (κ1) is 18.9. The van der Waals surface area contributed by atoms with E-state index in [4.69, 9.17) is 0 Å². The van der Waals surface area contributed by atoms with Gasteiger partial charge in [-0.2, -0.15) is 0 Å². The minimum atomic E-state index is -0.124. The summed E-state index contributed by atoms with van der Waals surface area (Å²) in [5.74, 6) is 0.0921. The third-order valence-electron chi connectivity index (χ3n) is 5.26. The zero-order chi connectivity index (χ0) is 18.8. The molecule has 1 saturated heterocycles. The second-order valence-electron chi connectivity index (χ2n) is 8.83. The average Bonchev–Trinajstić information content (AvgIpc) is 3.05. The van der Waals surface area contributed by atoms with E-state index in [0.29, 0.717) is 13.1 Å². The highest BCUT2D eigenvalue weighted by Crippen LogP contribution is 2.34. The quantitative estimate of drug-likeness (QED) is 0.745. The van der Waals surface area contributed by atoms with Crippen LogP contribution >= 0.6 is 0 Å². The van der Waals surface area contributed by atoms with Crippen LogP contribution in [0.15, 0.2) is 36.5 Å². The van der Waals surface area contributed by atoms with E-state index in [-0.39, 0.29) is 22.9 Å². The highest BCUT2D eigenvalue weighted by atomic mass is 16.2. The largest absolute Gasteiger partial charge is 0.354 e. The summed E-state index contributed by atoms with van der Waals surface area (Å²) >= 11 is 0. The average molecular weight is 357 g/mol. The lowest BCUT2D eigenvalue weighted by Crippen LogP contribution is -2.56. The van der Waals surface area contributed by atoms with E-state index in [9.17, 15) is 4.79 Å². The Hall–Kier alpha value is -1.85. The van der Waals surface area contributed by atoms with Gasteiger partial charge in [0.05, 0.1) is 6.04 Å². The highest BCUT2D eigenvalue weighted by Gasteiger charge is 2.32. The molecule has 0 aliphatic carbocycles. The lowest BCUT2D eigenvalue weighted by Gasteiger charge is -2.37. The van der Waals surface area contributed by atoms with Crippen LogP contribution in [0.2, 0.25) is 0 Å². The summed E-state index contributed by atoms with van der Waals surface area (Å²) in [4.78, 5) is 12.4. The lowest BCUT2D eigenvalue weighted by atomic mass is 9.79. The Kier molecular flexibility index (Phi) is 5.39. The fraction of sp³-hybridized carbons (Fsp3) is 0.571. The molecule has 1 atom stereocenters. The first-order chi connectivity index (χ1) is 12.3. The Morgan fingerprint density at radius 3 is 2.69 bits per heavy atom. The lowest BCUT2D eigenvalue weighted by molar-refractivity contribution is -0.123. The molecule has 1 aromatic heterocycles. The van der Waals surface area contributed by atoms with Crippen LogP contribution in [0.1, 0.15) is 34.1 Å². The van der Waals surface area contributed by atoms with Gasteiger partial charge in [0, 0.05) is 43.4 Å². The molecule has 1 aromatic carbocycles. The van der Waals surface area contributed by atoms with Gasteiger partial charge in [-0.25, -0.2) is 0 Å². The molecule has 2 aromatic rings. The third kappa shape index (κ3) is 4.27. The molecule has 26 heavy (non-hydrogen) atoms. The summed E-state index contributed by atoms with van der Waals surface area (Å²) < 4.78 is 2.36. The summed E-state index contributed by atoms with van der Waals surface area (Å²) in [7, 11) is 0. The fourth-order valence-electron chi connectivity index (χ4n) is 4.22. The van der Waals surface area contributed by atoms with E-state index in [2.05, 4.69) is 84.7 Å². The number of carbonyl (C=O) groups is 1. The number of benzene rings is 1. The minimum Gasteiger partial charge on any atom is -0.354 e. The van der Waals surface area contributed by atoms with E-state index in [0.717, 1.165) is 19.5 Å². The maximum Gasteiger partial charge on any atom is 0.238 e. The number of fused-ring (bicyclic) bond motifs is 1. The van der Waals surface area contributed by atoms with Crippen molar-refractivity contribution in [1.29, 1.82) is 0 Å². The summed E-state index contributed by atoms with van der Waals surface area (Å²) in [5.41, 5.74) is 1.21. The zero-order valence-corrected chi connectivity index (χ0v) is 16.4. The van der Waals surface area contributed by atoms with E-state index >= 15 is 0 Å². The Morgan fingerprint density at radius 1 is 1.19 bits per heavy atom. The number of hydrogen-bond acceptors (Lipinski definition) is 3. The van der Waals surface area contributed by atoms with Crippen molar-refractivity contribution in [3.63, 3.8) is 0 Å². The van der Waals surface area contributed by atoms with Crippen molar-refractivity contribution >= 4 is 16.8 Å². The molecule has 5 heteroatoms. The molecule has 3 N–H and O–H groups in total. The summed E-state index contributed by atoms with van der Waals surface area (Å²) in [5, 5.41) is 10.9. The monoisotopic (exact) mass is 356 g/mol. The van der Waals surface area contributed by atoms with Gasteiger partial charge in [0.1, 0.15) is 0 Å². The minimum absolute atomic E-state index is 0.00731. The van der Waals surface area contributed by atoms with Crippen LogP contribution in [-0.4, -0.2) is 42.7 Å². The van der Waals surface area contributed by atoms with E-state index in [1.807, 2.05) is 0 Å². The number of piperazine rings is 1. The first-order valence-corrected chi connectivity index (χ1v) is 9.57. The molecule has 1 aliphatic heterocycles. The van der Waals surface area contributed by atoms with Crippen molar-refractivity contribution in [2.24, 2.45) is 5.41 Å². The Labute approximate surface area is 156 Å². The van der Waals surface area contributed by atoms with Crippen LogP contribution in [0, 0.1) is 5.41 Å². The molecule has 5 nitrogen and oxygen atoms in total. The van der Waals surface area contributed by atoms with Gasteiger partial charge in [-0.15, -0.1) is 0 Å². The van der Waals surface area contributed by atoms with Gasteiger partial charge in [0.2, 0.25) is 5.91 Å². The third-order valence-corrected chi connectivity index (χ3v) is 5.26. The molecule has 0 saturated carbocycles. The van der Waals surface area contributed by atoms with Gasteiger partial charge in [-0.1, -0.05) is 32.0 Å². The van der Waals surface area contributed by atoms with Crippen molar-refractivity contribution in [3.05, 3.63) is 36.5 Å². The second-order valence-corrected chi connectivity index (χ2v) is 8.83. The van der Waals surface area contributed by atoms with E-state index in [1.54, 1.807) is 0 Å². The molecule has 1 aliphatic rings. The van der Waals surface area contributed by atoms with Gasteiger partial charge >= 0.3 is 0 Å². The topological polar surface area (TPSA) is 58.1 Å². The van der Waals surface area contributed by atoms with Crippen LogP contribution in [-0.2, 0) is 10.3 Å². The van der Waals surface area contributed by atoms with Crippen molar-refractivity contribution in [2.45, 2.75) is 45.7 Å². The molecule has 1 unspecified atom stereocenters. The number of amides is 1. The number of nitrogens with zero attached hydrogens (tertiary/aromatic N) is 1. The molecule has 0 bridgehead atoms. The molecule has 2 heterocycles. The molecule has 1 fully saturated rings. The smallest absolute Gasteiger partial charge is 0.238 e. The van der Waals surface area contributed by atoms with E-state index < -0.39 is 0 Å². The van der Waals surface area contributed by atoms with E-state index in [1.165, 1.54) is 10.9 Å². The predicted molar refractivity (Wildman–Crippen MR) is 107 cm³/mol. The number of aromatic nitrogens is 1. The number of nitrogens with one attached hydrogen (secondary N) is 3. The zero-order valence-electron chi connectivity index (χ0n) is 16.4. The van der Waals surface area contributed by atoms with Crippen LogP contribution < -0.4 is 16.0 Å². The van der Waals surface area contributed by atoms with Gasteiger partial charge in [0.25, 0.3) is 0 Å². The SMILES string of the molecule is CC(C)(CNC(=O)C1CNCCN1)CC(C)(C)n1ccc2ccccc21. The van der Waals surface area contributed by atoms with Gasteiger partial charge in [-0.3, -0.25) is 4.79 Å². The van der Waals surface area contributed by atoms with Gasteiger partial charge in [-0.05, 0) is 43.2 Å². The van der Waals surface area contributed by atoms with Gasteiger partial charge < -0.3 is 20.5 Å². The van der Waals surface area contributed by atoms with Crippen molar-refractivity contribution in [1.82, 2.24) is 20.5 Å². The number of rotatable bonds is 6. The van der Waals surface area contributed by atoms with Crippen LogP contribution in [0.3, 0.4) is 0 Å². The maximum absolute atomic E-state index is 12.4. The highest BCUT2D eigenvalue weighted by molar-refractivity contribution is 5.82. The molecular weight excluding hydrogens is 324 g/mol. The summed E-state index contributed by atoms with van der Waals surface area (Å²) in [6.07, 6.45) is 3.15. The first-order valence-electron chi connectivity index (χ1n) is 9.57. The Morgan fingerprint density at radius 2 is 1.96 bits per heavy atom. The molecule has 0 spiro atoms. The van der Waals surface area contributed by atoms with Gasteiger partial charge in [0.15, 0.2) is 0 Å². The fourth-order valence-corrected chi connectivity index (χ4v) is 4.22. The Bertz CT molecular complexity index is 756. The van der Waals surface area contributed by atoms with Crippen molar-refractivity contribution < 1.29 is 4.79 Å². The van der Waals surface area contributed by atoms with Crippen LogP contribution in [0.25, 0.3) is 10.9 Å².